The van der Waals surface area contributed by atoms with Gasteiger partial charge in [0, 0.05) is 18.3 Å². The normalized spacial score (nSPS) is 10.8. The Hall–Kier alpha value is -2.83. The molecule has 0 atom stereocenters. The molecule has 7 heteroatoms. The Bertz CT molecular complexity index is 819. The van der Waals surface area contributed by atoms with Gasteiger partial charge in [-0.1, -0.05) is 12.1 Å². The number of rotatable bonds is 3. The average Bonchev–Trinajstić information content (AvgIpc) is 2.82. The highest BCUT2D eigenvalue weighted by Crippen LogP contribution is 2.16. The van der Waals surface area contributed by atoms with Crippen molar-refractivity contribution in [3.63, 3.8) is 0 Å². The minimum absolute atomic E-state index is 0.300. The molecule has 7 nitrogen and oxygen atoms in total. The first-order chi connectivity index (χ1) is 9.65. The van der Waals surface area contributed by atoms with Crippen LogP contribution in [0.1, 0.15) is 11.1 Å². The van der Waals surface area contributed by atoms with Gasteiger partial charge in [0.1, 0.15) is 12.1 Å². The second-order valence-corrected chi connectivity index (χ2v) is 4.52. The summed E-state index contributed by atoms with van der Waals surface area (Å²) in [6, 6.07) is 7.51. The minimum atomic E-state index is -0.300. The van der Waals surface area contributed by atoms with E-state index in [0.29, 0.717) is 18.0 Å². The fourth-order valence-electron chi connectivity index (χ4n) is 1.99. The molecule has 0 bridgehead atoms. The number of hydrogen-bond donors (Lipinski definition) is 3. The highest BCUT2D eigenvalue weighted by molar-refractivity contribution is 5.52. The van der Waals surface area contributed by atoms with Crippen LogP contribution in [0.3, 0.4) is 0 Å². The van der Waals surface area contributed by atoms with Crippen LogP contribution in [-0.4, -0.2) is 19.6 Å². The molecule has 1 aromatic carbocycles. The lowest BCUT2D eigenvalue weighted by Crippen LogP contribution is -2.10. The van der Waals surface area contributed by atoms with E-state index in [4.69, 9.17) is 5.73 Å². The molecule has 0 spiro atoms. The van der Waals surface area contributed by atoms with Crippen molar-refractivity contribution >= 4 is 17.2 Å². The van der Waals surface area contributed by atoms with Gasteiger partial charge in [-0.2, -0.15) is 5.10 Å². The third kappa shape index (κ3) is 2.09. The zero-order valence-corrected chi connectivity index (χ0v) is 10.9. The zero-order valence-electron chi connectivity index (χ0n) is 10.9. The molecule has 0 aliphatic heterocycles. The van der Waals surface area contributed by atoms with E-state index in [1.165, 1.54) is 10.7 Å². The first-order valence-corrected chi connectivity index (χ1v) is 6.16. The number of aromatic nitrogens is 4. The van der Waals surface area contributed by atoms with Gasteiger partial charge >= 0.3 is 5.69 Å². The van der Waals surface area contributed by atoms with Gasteiger partial charge in [-0.05, 0) is 24.1 Å². The fourth-order valence-corrected chi connectivity index (χ4v) is 1.99. The van der Waals surface area contributed by atoms with E-state index in [2.05, 4.69) is 20.5 Å². The Balaban J connectivity index is 1.83. The molecule has 20 heavy (non-hydrogen) atoms. The maximum Gasteiger partial charge on any atom is 0.348 e. The fraction of sp³-hybridized carbons (Fsp3) is 0.154. The molecule has 3 aromatic rings. The monoisotopic (exact) mass is 270 g/mol. The quantitative estimate of drug-likeness (QED) is 0.614. The molecular weight excluding hydrogens is 256 g/mol. The predicted octanol–water partition coefficient (Wildman–Crippen LogP) is 0.920. The van der Waals surface area contributed by atoms with E-state index in [-0.39, 0.29) is 5.69 Å². The molecule has 2 aromatic heterocycles. The minimum Gasteiger partial charge on any atom is -0.399 e. The lowest BCUT2D eigenvalue weighted by Gasteiger charge is -2.10. The van der Waals surface area contributed by atoms with Gasteiger partial charge in [0.2, 0.25) is 0 Å². The van der Waals surface area contributed by atoms with Gasteiger partial charge in [-0.25, -0.2) is 19.3 Å². The smallest absolute Gasteiger partial charge is 0.348 e. The number of nitrogen functional groups attached to an aromatic ring is 1. The molecule has 2 heterocycles. The Morgan fingerprint density at radius 2 is 2.30 bits per heavy atom. The summed E-state index contributed by atoms with van der Waals surface area (Å²) in [6.45, 7) is 2.59. The van der Waals surface area contributed by atoms with Gasteiger partial charge in [-0.15, -0.1) is 0 Å². The van der Waals surface area contributed by atoms with Crippen molar-refractivity contribution < 1.29 is 0 Å². The summed E-state index contributed by atoms with van der Waals surface area (Å²) in [6.07, 6.45) is 1.44. The summed E-state index contributed by atoms with van der Waals surface area (Å²) in [7, 11) is 0. The van der Waals surface area contributed by atoms with Gasteiger partial charge in [0.05, 0.1) is 0 Å². The SMILES string of the molecule is Cc1c(N)cccc1CNc1cc2n[nH]c(=O)n2cn1. The van der Waals surface area contributed by atoms with Gasteiger partial charge in [0.25, 0.3) is 0 Å². The molecule has 4 N–H and O–H groups in total. The number of benzene rings is 1. The maximum atomic E-state index is 11.3. The van der Waals surface area contributed by atoms with Crippen LogP contribution in [0.5, 0.6) is 0 Å². The lowest BCUT2D eigenvalue weighted by atomic mass is 10.1. The molecule has 0 amide bonds. The topological polar surface area (TPSA) is 101 Å². The molecular formula is C13H14N6O. The molecule has 102 valence electrons. The third-order valence-electron chi connectivity index (χ3n) is 3.26. The number of anilines is 2. The first kappa shape index (κ1) is 12.2. The van der Waals surface area contributed by atoms with Crippen LogP contribution < -0.4 is 16.7 Å². The zero-order chi connectivity index (χ0) is 14.1. The van der Waals surface area contributed by atoms with Crippen molar-refractivity contribution in [3.05, 3.63) is 52.2 Å². The number of fused-ring (bicyclic) bond motifs is 1. The molecule has 0 aliphatic rings. The Morgan fingerprint density at radius 1 is 1.45 bits per heavy atom. The number of aromatic amines is 1. The molecule has 0 saturated carbocycles. The first-order valence-electron chi connectivity index (χ1n) is 6.16. The number of H-pyrrole nitrogens is 1. The molecule has 0 fully saturated rings. The average molecular weight is 270 g/mol. The largest absolute Gasteiger partial charge is 0.399 e. The van der Waals surface area contributed by atoms with Crippen LogP contribution in [-0.2, 0) is 6.54 Å². The van der Waals surface area contributed by atoms with Crippen molar-refractivity contribution in [1.29, 1.82) is 0 Å². The molecule has 0 unspecified atom stereocenters. The second-order valence-electron chi connectivity index (χ2n) is 4.52. The highest BCUT2D eigenvalue weighted by Gasteiger charge is 2.04. The van der Waals surface area contributed by atoms with Gasteiger partial charge in [0.15, 0.2) is 5.65 Å². The lowest BCUT2D eigenvalue weighted by molar-refractivity contribution is 0.989. The molecule has 0 radical (unpaired) electrons. The van der Waals surface area contributed by atoms with Crippen molar-refractivity contribution in [2.24, 2.45) is 0 Å². The summed E-state index contributed by atoms with van der Waals surface area (Å²) in [4.78, 5) is 15.5. The van der Waals surface area contributed by atoms with E-state index in [9.17, 15) is 4.79 Å². The van der Waals surface area contributed by atoms with Crippen LogP contribution >= 0.6 is 0 Å². The van der Waals surface area contributed by atoms with Crippen LogP contribution in [0.15, 0.2) is 35.4 Å². The van der Waals surface area contributed by atoms with Crippen LogP contribution in [0.4, 0.5) is 11.5 Å². The van der Waals surface area contributed by atoms with Crippen LogP contribution in [0, 0.1) is 6.92 Å². The number of nitrogens with zero attached hydrogens (tertiary/aromatic N) is 3. The summed E-state index contributed by atoms with van der Waals surface area (Å²) in [5, 5.41) is 9.45. The van der Waals surface area contributed by atoms with E-state index in [1.54, 1.807) is 6.07 Å². The molecule has 0 saturated heterocycles. The summed E-state index contributed by atoms with van der Waals surface area (Å²) < 4.78 is 1.34. The number of hydrogen-bond acceptors (Lipinski definition) is 5. The van der Waals surface area contributed by atoms with E-state index in [0.717, 1.165) is 16.8 Å². The predicted molar refractivity (Wildman–Crippen MR) is 76.5 cm³/mol. The molecule has 3 rings (SSSR count). The maximum absolute atomic E-state index is 11.3. The second kappa shape index (κ2) is 4.69. The van der Waals surface area contributed by atoms with Crippen molar-refractivity contribution in [3.8, 4) is 0 Å². The van der Waals surface area contributed by atoms with Crippen molar-refractivity contribution in [2.45, 2.75) is 13.5 Å². The summed E-state index contributed by atoms with van der Waals surface area (Å²) in [5.74, 6) is 0.651. The van der Waals surface area contributed by atoms with E-state index >= 15 is 0 Å². The van der Waals surface area contributed by atoms with E-state index in [1.807, 2.05) is 25.1 Å². The Morgan fingerprint density at radius 3 is 3.15 bits per heavy atom. The highest BCUT2D eigenvalue weighted by atomic mass is 16.1. The summed E-state index contributed by atoms with van der Waals surface area (Å²) in [5.41, 5.74) is 9.02. The van der Waals surface area contributed by atoms with Gasteiger partial charge < -0.3 is 11.1 Å². The third-order valence-corrected chi connectivity index (χ3v) is 3.26. The Kier molecular flexibility index (Phi) is 2.86. The molecule has 0 aliphatic carbocycles. The number of nitrogens with two attached hydrogens (primary N) is 1. The van der Waals surface area contributed by atoms with E-state index < -0.39 is 0 Å². The van der Waals surface area contributed by atoms with Crippen molar-refractivity contribution in [2.75, 3.05) is 11.1 Å². The van der Waals surface area contributed by atoms with Crippen LogP contribution in [0.2, 0.25) is 0 Å². The Labute approximate surface area is 114 Å². The number of nitrogens with one attached hydrogen (secondary N) is 2. The summed E-state index contributed by atoms with van der Waals surface area (Å²) >= 11 is 0. The van der Waals surface area contributed by atoms with Crippen LogP contribution in [0.25, 0.3) is 5.65 Å². The van der Waals surface area contributed by atoms with Crippen molar-refractivity contribution in [1.82, 2.24) is 19.6 Å². The van der Waals surface area contributed by atoms with Gasteiger partial charge in [-0.3, -0.25) is 0 Å². The standard InChI is InChI=1S/C13H14N6O/c1-8-9(3-2-4-10(8)14)6-15-11-5-12-17-18-13(20)19(12)7-16-11/h2-5,7,15H,6,14H2,1H3,(H,18,20).